The van der Waals surface area contributed by atoms with Crippen molar-refractivity contribution in [3.05, 3.63) is 102 Å². The Labute approximate surface area is 613 Å². The number of urea groups is 1. The predicted octanol–water partition coefficient (Wildman–Crippen LogP) is 6.33. The number of nitrogens with zero attached hydrogens (tertiary/aromatic N) is 6. The molecule has 5 N–H and O–H groups in total. The van der Waals surface area contributed by atoms with E-state index in [4.69, 9.17) is 47.7 Å². The molecule has 104 heavy (non-hydrogen) atoms. The van der Waals surface area contributed by atoms with Crippen LogP contribution in [0.3, 0.4) is 0 Å². The van der Waals surface area contributed by atoms with Gasteiger partial charge in [0.15, 0.2) is 0 Å². The molecule has 1 fully saturated rings. The van der Waals surface area contributed by atoms with Crippen LogP contribution < -0.4 is 21.3 Å². The molecule has 0 spiro atoms. The van der Waals surface area contributed by atoms with Crippen LogP contribution in [0.2, 0.25) is 25.7 Å². The maximum absolute atomic E-state index is 14.5. The van der Waals surface area contributed by atoms with Crippen LogP contribution in [0.15, 0.2) is 84.4 Å². The van der Waals surface area contributed by atoms with Crippen molar-refractivity contribution in [3.63, 3.8) is 0 Å². The summed E-state index contributed by atoms with van der Waals surface area (Å²) < 4.78 is 48.6. The minimum absolute atomic E-state index is 0.110. The first-order valence-corrected chi connectivity index (χ1v) is 40.6. The Kier molecular flexibility index (Phi) is 37.0. The number of hydrogen-bond donors (Lipinski definition) is 5. The summed E-state index contributed by atoms with van der Waals surface area (Å²) in [6, 6.07) is 18.4. The lowest BCUT2D eigenvalue weighted by molar-refractivity contribution is -0.150. The average Bonchev–Trinajstić information content (AvgIpc) is 1.09. The van der Waals surface area contributed by atoms with Gasteiger partial charge in [0.1, 0.15) is 12.6 Å². The van der Waals surface area contributed by atoms with Crippen LogP contribution in [0.25, 0.3) is 10.9 Å². The number of esters is 1. The number of carbonyl (C=O) groups excluding carboxylic acids is 8. The third kappa shape index (κ3) is 30.0. The number of aliphatic carboxylic acids is 1. The third-order valence-corrected chi connectivity index (χ3v) is 20.3. The van der Waals surface area contributed by atoms with Crippen molar-refractivity contribution in [1.82, 2.24) is 40.7 Å². The van der Waals surface area contributed by atoms with Crippen LogP contribution in [0.1, 0.15) is 98.8 Å². The standard InChI is InChI=1S/C73H104N10O19SSi/c1-94-29-30-96-33-34-98-37-38-100-41-42-101-40-39-99-36-35-97-32-31-95-28-22-65(84)76-23-9-7-15-62(79-66(85)51-82-67(86)47-64(71(82)90)103-52-55(72(91)92)45-68(87)102-43-44-104(2,3)4)69(88)77-24-8-5-6-10-27-83-70(89)60(58-13-11-16-61-59(58)14-12-25-75-61)46-63(80-83)53-17-19-57(20-18-53)78-73(93)81-49-54-21-26-74-48-56(54)50-81/h11-14,16-21,25-26,48,55,60,62,64H,5-10,15,22-24,27-47,49-52H2,1-4H3,(H,76,84)(H,77,88)(H,78,93)(H,79,85)(H,91,92)/t55-,60?,62-,64?/m0/s1. The lowest BCUT2D eigenvalue weighted by Gasteiger charge is -2.30. The van der Waals surface area contributed by atoms with Gasteiger partial charge in [-0.25, -0.2) is 9.80 Å². The SMILES string of the molecule is COCCOCCOCCOCCOCCOCCOCCOCCC(=O)NCCCC[C@H](NC(=O)CN1C(=O)CC(SC[C@H](CC(=O)OCC[Si](C)(C)C)C(=O)O)C1=O)C(=O)NCCCCCCN1N=C(c2ccc(NC(=O)N3Cc4ccncc4C3)cc2)CC(c2cccc3ncccc23)C1=O. The minimum atomic E-state index is -1.51. The fourth-order valence-corrected chi connectivity index (χ4v) is 13.4. The largest absolute Gasteiger partial charge is 0.481 e. The van der Waals surface area contributed by atoms with Crippen molar-refractivity contribution in [2.24, 2.45) is 11.0 Å². The Morgan fingerprint density at radius 1 is 0.663 bits per heavy atom. The number of pyridine rings is 2. The van der Waals surface area contributed by atoms with Crippen molar-refractivity contribution >= 4 is 95.6 Å². The fourth-order valence-electron chi connectivity index (χ4n) is 11.4. The number of carboxylic acid groups (broad SMARTS) is 1. The second-order valence-corrected chi connectivity index (χ2v) is 33.4. The molecule has 2 aromatic carbocycles. The van der Waals surface area contributed by atoms with Crippen LogP contribution in [0.5, 0.6) is 0 Å². The molecular weight excluding hydrogens is 1380 g/mol. The Balaban J connectivity index is 0.837. The number of imide groups is 1. The fraction of sp³-hybridized carbons (Fsp3) is 0.589. The first-order chi connectivity index (χ1) is 50.4. The van der Waals surface area contributed by atoms with Gasteiger partial charge in [-0.15, -0.1) is 11.8 Å². The number of likely N-dealkylation sites (tertiary alicyclic amines) is 1. The first kappa shape index (κ1) is 83.4. The molecule has 7 rings (SSSR count). The van der Waals surface area contributed by atoms with E-state index in [-0.39, 0.29) is 75.8 Å². The van der Waals surface area contributed by atoms with Crippen molar-refractivity contribution < 1.29 is 90.9 Å². The summed E-state index contributed by atoms with van der Waals surface area (Å²) in [5.74, 6) is -6.73. The van der Waals surface area contributed by atoms with E-state index in [2.05, 4.69) is 50.9 Å². The molecule has 3 aliphatic rings. The molecule has 0 aliphatic carbocycles. The first-order valence-electron chi connectivity index (χ1n) is 35.9. The van der Waals surface area contributed by atoms with Crippen LogP contribution >= 0.6 is 11.8 Å². The number of fused-ring (bicyclic) bond motifs is 2. The molecule has 2 aromatic heterocycles. The van der Waals surface area contributed by atoms with E-state index >= 15 is 0 Å². The molecule has 570 valence electrons. The number of ether oxygens (including phenoxy) is 9. The summed E-state index contributed by atoms with van der Waals surface area (Å²) in [6.07, 6.45) is 8.50. The Morgan fingerprint density at radius 3 is 1.95 bits per heavy atom. The molecule has 0 radical (unpaired) electrons. The van der Waals surface area contributed by atoms with Crippen molar-refractivity contribution in [1.29, 1.82) is 0 Å². The van der Waals surface area contributed by atoms with E-state index in [1.807, 2.05) is 60.7 Å². The summed E-state index contributed by atoms with van der Waals surface area (Å²) >= 11 is 0.927. The number of amides is 8. The van der Waals surface area contributed by atoms with Gasteiger partial charge in [-0.2, -0.15) is 5.10 Å². The summed E-state index contributed by atoms with van der Waals surface area (Å²) in [4.78, 5) is 131. The molecule has 4 aromatic rings. The number of aromatic nitrogens is 2. The van der Waals surface area contributed by atoms with Gasteiger partial charge >= 0.3 is 18.0 Å². The van der Waals surface area contributed by atoms with Gasteiger partial charge in [-0.1, -0.05) is 62.8 Å². The Bertz CT molecular complexity index is 3390. The highest BCUT2D eigenvalue weighted by Gasteiger charge is 2.41. The van der Waals surface area contributed by atoms with E-state index < -0.39 is 79.7 Å². The zero-order chi connectivity index (χ0) is 74.3. The molecular formula is C73H104N10O19SSi. The number of methoxy groups -OCH3 is 1. The molecule has 1 saturated heterocycles. The summed E-state index contributed by atoms with van der Waals surface area (Å²) in [6.45, 7) is 14.0. The van der Waals surface area contributed by atoms with E-state index in [1.165, 1.54) is 0 Å². The average molecular weight is 1490 g/mol. The summed E-state index contributed by atoms with van der Waals surface area (Å²) in [5.41, 5.74) is 5.83. The van der Waals surface area contributed by atoms with Gasteiger partial charge in [0.25, 0.3) is 5.91 Å². The molecule has 31 heteroatoms. The van der Waals surface area contributed by atoms with E-state index in [0.717, 1.165) is 55.9 Å². The van der Waals surface area contributed by atoms with Crippen molar-refractivity contribution in [2.45, 2.75) is 127 Å². The summed E-state index contributed by atoms with van der Waals surface area (Å²) in [7, 11) is 0.114. The van der Waals surface area contributed by atoms with Gasteiger partial charge < -0.3 is 73.9 Å². The highest BCUT2D eigenvalue weighted by Crippen LogP contribution is 2.34. The second kappa shape index (κ2) is 46.2. The number of carboxylic acids is 1. The number of thioether (sulfide) groups is 1. The molecule has 8 amide bonds. The topological polar surface area (TPSA) is 353 Å². The number of hydrogen-bond acceptors (Lipinski definition) is 22. The molecule has 3 aliphatic heterocycles. The van der Waals surface area contributed by atoms with Crippen molar-refractivity contribution in [2.75, 3.05) is 150 Å². The number of carbonyl (C=O) groups is 9. The van der Waals surface area contributed by atoms with Crippen LogP contribution in [-0.4, -0.2) is 253 Å². The molecule has 5 heterocycles. The third-order valence-electron chi connectivity index (χ3n) is 17.2. The molecule has 0 bridgehead atoms. The maximum Gasteiger partial charge on any atom is 0.322 e. The smallest absolute Gasteiger partial charge is 0.322 e. The van der Waals surface area contributed by atoms with E-state index in [9.17, 15) is 48.3 Å². The Hall–Kier alpha value is -7.85. The van der Waals surface area contributed by atoms with Crippen LogP contribution in [-0.2, 0) is 94.1 Å². The second-order valence-electron chi connectivity index (χ2n) is 26.5. The number of hydrazone groups is 1. The minimum Gasteiger partial charge on any atom is -0.481 e. The number of unbranched alkanes of at least 4 members (excludes halogenated alkanes) is 4. The van der Waals surface area contributed by atoms with Gasteiger partial charge in [0, 0.05) is 103 Å². The molecule has 2 unspecified atom stereocenters. The predicted molar refractivity (Wildman–Crippen MR) is 391 cm³/mol. The number of rotatable bonds is 52. The van der Waals surface area contributed by atoms with Gasteiger partial charge in [-0.05, 0) is 90.7 Å². The quantitative estimate of drug-likeness (QED) is 0.0139. The maximum atomic E-state index is 14.5. The number of nitrogens with one attached hydrogen (secondary N) is 4. The molecule has 0 saturated carbocycles. The monoisotopic (exact) mass is 1480 g/mol. The van der Waals surface area contributed by atoms with Gasteiger partial charge in [0.05, 0.1) is 140 Å². The van der Waals surface area contributed by atoms with Crippen LogP contribution in [0, 0.1) is 5.92 Å². The zero-order valence-corrected chi connectivity index (χ0v) is 62.3. The highest BCUT2D eigenvalue weighted by molar-refractivity contribution is 8.00. The highest BCUT2D eigenvalue weighted by atomic mass is 32.2. The lowest BCUT2D eigenvalue weighted by Crippen LogP contribution is -2.50. The lowest BCUT2D eigenvalue weighted by atomic mass is 9.86. The zero-order valence-electron chi connectivity index (χ0n) is 60.5. The van der Waals surface area contributed by atoms with E-state index in [0.29, 0.717) is 162 Å². The molecule has 29 nitrogen and oxygen atoms in total. The van der Waals surface area contributed by atoms with Gasteiger partial charge in [0.2, 0.25) is 29.5 Å². The van der Waals surface area contributed by atoms with Crippen molar-refractivity contribution in [3.8, 4) is 0 Å². The number of benzene rings is 2. The molecule has 4 atom stereocenters. The Morgan fingerprint density at radius 2 is 1.30 bits per heavy atom. The summed E-state index contributed by atoms with van der Waals surface area (Å²) in [5, 5.41) is 27.8. The number of anilines is 1. The van der Waals surface area contributed by atoms with E-state index in [1.54, 1.807) is 35.6 Å². The van der Waals surface area contributed by atoms with Gasteiger partial charge in [-0.3, -0.25) is 53.2 Å². The van der Waals surface area contributed by atoms with Crippen LogP contribution in [0.4, 0.5) is 10.5 Å². The normalized spacial score (nSPS) is 15.8.